The van der Waals surface area contributed by atoms with E-state index in [1.165, 1.54) is 12.1 Å². The van der Waals surface area contributed by atoms with Crippen molar-refractivity contribution < 1.29 is 9.13 Å². The molecule has 0 heterocycles. The summed E-state index contributed by atoms with van der Waals surface area (Å²) in [5, 5.41) is 0.498. The monoisotopic (exact) mass is 372 g/mol. The highest BCUT2D eigenvalue weighted by Crippen LogP contribution is 2.29. The van der Waals surface area contributed by atoms with Crippen LogP contribution in [0.2, 0.25) is 5.02 Å². The largest absolute Gasteiger partial charge is 0.496 e. The van der Waals surface area contributed by atoms with Crippen molar-refractivity contribution in [2.75, 3.05) is 7.11 Å². The summed E-state index contributed by atoms with van der Waals surface area (Å²) < 4.78 is 19.8. The molecule has 2 aromatic rings. The van der Waals surface area contributed by atoms with Gasteiger partial charge in [0.15, 0.2) is 0 Å². The maximum Gasteiger partial charge on any atom is 0.133 e. The van der Waals surface area contributed by atoms with Crippen LogP contribution >= 0.6 is 27.5 Å². The molecule has 0 fully saturated rings. The fourth-order valence-electron chi connectivity index (χ4n) is 2.09. The van der Waals surface area contributed by atoms with E-state index in [1.54, 1.807) is 13.2 Å². The SMILES string of the molecule is COc1ccc(C(Cc2cc(Cl)ccc2F)NN)cc1Br. The Morgan fingerprint density at radius 1 is 1.33 bits per heavy atom. The van der Waals surface area contributed by atoms with E-state index in [2.05, 4.69) is 21.4 Å². The van der Waals surface area contributed by atoms with Crippen LogP contribution in [-0.2, 0) is 6.42 Å². The van der Waals surface area contributed by atoms with Crippen LogP contribution in [0.25, 0.3) is 0 Å². The molecule has 3 N–H and O–H groups in total. The zero-order chi connectivity index (χ0) is 15.4. The van der Waals surface area contributed by atoms with E-state index in [0.29, 0.717) is 17.0 Å². The van der Waals surface area contributed by atoms with Crippen LogP contribution in [0.3, 0.4) is 0 Å². The van der Waals surface area contributed by atoms with Crippen LogP contribution < -0.4 is 16.0 Å². The number of benzene rings is 2. The lowest BCUT2D eigenvalue weighted by Crippen LogP contribution is -2.29. The summed E-state index contributed by atoms with van der Waals surface area (Å²) in [5.41, 5.74) is 4.14. The fourth-order valence-corrected chi connectivity index (χ4v) is 2.85. The summed E-state index contributed by atoms with van der Waals surface area (Å²) in [5.74, 6) is 6.04. The number of nitrogens with two attached hydrogens (primary N) is 1. The van der Waals surface area contributed by atoms with Crippen LogP contribution in [0, 0.1) is 5.82 Å². The standard InChI is InChI=1S/C15H15BrClFN2O/c1-21-15-5-2-9(7-12(15)16)14(20-19)8-10-6-11(17)3-4-13(10)18/h2-7,14,20H,8,19H2,1H3. The highest BCUT2D eigenvalue weighted by molar-refractivity contribution is 9.10. The second kappa shape index (κ2) is 7.22. The van der Waals surface area contributed by atoms with Gasteiger partial charge < -0.3 is 4.74 Å². The van der Waals surface area contributed by atoms with Gasteiger partial charge in [-0.25, -0.2) is 4.39 Å². The number of hydrazine groups is 1. The summed E-state index contributed by atoms with van der Waals surface area (Å²) >= 11 is 9.34. The van der Waals surface area contributed by atoms with E-state index in [9.17, 15) is 4.39 Å². The van der Waals surface area contributed by atoms with Gasteiger partial charge in [0, 0.05) is 5.02 Å². The molecular formula is C15H15BrClFN2O. The highest BCUT2D eigenvalue weighted by Gasteiger charge is 2.15. The molecule has 0 aromatic heterocycles. The van der Waals surface area contributed by atoms with E-state index >= 15 is 0 Å². The van der Waals surface area contributed by atoms with Crippen LogP contribution in [0.5, 0.6) is 5.75 Å². The Labute approximate surface area is 136 Å². The summed E-state index contributed by atoms with van der Waals surface area (Å²) in [7, 11) is 1.60. The average Bonchev–Trinajstić information content (AvgIpc) is 2.48. The zero-order valence-corrected chi connectivity index (χ0v) is 13.7. The summed E-state index contributed by atoms with van der Waals surface area (Å²) in [6.45, 7) is 0. The lowest BCUT2D eigenvalue weighted by atomic mass is 9.99. The van der Waals surface area contributed by atoms with E-state index in [-0.39, 0.29) is 11.9 Å². The number of ether oxygens (including phenoxy) is 1. The predicted octanol–water partition coefficient (Wildman–Crippen LogP) is 4.00. The van der Waals surface area contributed by atoms with E-state index in [0.717, 1.165) is 15.8 Å². The van der Waals surface area contributed by atoms with Crippen molar-refractivity contribution in [2.24, 2.45) is 5.84 Å². The van der Waals surface area contributed by atoms with Gasteiger partial charge >= 0.3 is 0 Å². The molecule has 0 saturated heterocycles. The Hall–Kier alpha value is -1.14. The van der Waals surface area contributed by atoms with Crippen molar-refractivity contribution >= 4 is 27.5 Å². The molecule has 112 valence electrons. The lowest BCUT2D eigenvalue weighted by Gasteiger charge is -2.18. The fraction of sp³-hybridized carbons (Fsp3) is 0.200. The molecular weight excluding hydrogens is 359 g/mol. The number of nitrogens with one attached hydrogen (secondary N) is 1. The topological polar surface area (TPSA) is 47.3 Å². The molecule has 6 heteroatoms. The highest BCUT2D eigenvalue weighted by atomic mass is 79.9. The van der Waals surface area contributed by atoms with Gasteiger partial charge in [0.2, 0.25) is 0 Å². The molecule has 21 heavy (non-hydrogen) atoms. The first-order chi connectivity index (χ1) is 10.0. The number of hydrogen-bond donors (Lipinski definition) is 2. The number of halogens is 3. The van der Waals surface area contributed by atoms with Crippen LogP contribution in [0.1, 0.15) is 17.2 Å². The van der Waals surface area contributed by atoms with Gasteiger partial charge in [0.25, 0.3) is 0 Å². The second-order valence-electron chi connectivity index (χ2n) is 4.55. The molecule has 0 radical (unpaired) electrons. The Balaban J connectivity index is 2.27. The molecule has 3 nitrogen and oxygen atoms in total. The number of hydrogen-bond acceptors (Lipinski definition) is 3. The van der Waals surface area contributed by atoms with Crippen molar-refractivity contribution in [3.63, 3.8) is 0 Å². The molecule has 2 aromatic carbocycles. The third kappa shape index (κ3) is 3.95. The molecule has 0 aliphatic carbocycles. The van der Waals surface area contributed by atoms with Gasteiger partial charge in [-0.1, -0.05) is 17.7 Å². The summed E-state index contributed by atoms with van der Waals surface area (Å²) in [6.07, 6.45) is 0.391. The van der Waals surface area contributed by atoms with Crippen molar-refractivity contribution in [2.45, 2.75) is 12.5 Å². The predicted molar refractivity (Wildman–Crippen MR) is 85.9 cm³/mol. The number of methoxy groups -OCH3 is 1. The van der Waals surface area contributed by atoms with Gasteiger partial charge in [-0.05, 0) is 63.8 Å². The van der Waals surface area contributed by atoms with Gasteiger partial charge in [0.1, 0.15) is 11.6 Å². The first-order valence-corrected chi connectivity index (χ1v) is 7.45. The minimum atomic E-state index is -0.299. The maximum atomic E-state index is 13.8. The quantitative estimate of drug-likeness (QED) is 0.615. The van der Waals surface area contributed by atoms with Gasteiger partial charge in [-0.15, -0.1) is 0 Å². The van der Waals surface area contributed by atoms with Crippen molar-refractivity contribution in [3.05, 3.63) is 62.8 Å². The Kier molecular flexibility index (Phi) is 5.58. The van der Waals surface area contributed by atoms with Crippen LogP contribution in [0.4, 0.5) is 4.39 Å². The summed E-state index contributed by atoms with van der Waals surface area (Å²) in [4.78, 5) is 0. The molecule has 0 aliphatic rings. The molecule has 0 spiro atoms. The maximum absolute atomic E-state index is 13.8. The van der Waals surface area contributed by atoms with Gasteiger partial charge in [0.05, 0.1) is 17.6 Å². The van der Waals surface area contributed by atoms with E-state index in [1.807, 2.05) is 18.2 Å². The first kappa shape index (κ1) is 16.2. The molecule has 0 aliphatic heterocycles. The van der Waals surface area contributed by atoms with Crippen molar-refractivity contribution in [1.29, 1.82) is 0 Å². The minimum absolute atomic E-state index is 0.236. The van der Waals surface area contributed by atoms with Crippen LogP contribution in [0.15, 0.2) is 40.9 Å². The Bertz CT molecular complexity index is 639. The molecule has 1 atom stereocenters. The average molecular weight is 374 g/mol. The smallest absolute Gasteiger partial charge is 0.133 e. The van der Waals surface area contributed by atoms with Gasteiger partial charge in [-0.2, -0.15) is 0 Å². The summed E-state index contributed by atoms with van der Waals surface area (Å²) in [6, 6.07) is 9.87. The van der Waals surface area contributed by atoms with Crippen molar-refractivity contribution in [3.8, 4) is 5.75 Å². The molecule has 0 amide bonds. The minimum Gasteiger partial charge on any atom is -0.496 e. The normalized spacial score (nSPS) is 12.2. The lowest BCUT2D eigenvalue weighted by molar-refractivity contribution is 0.411. The number of rotatable bonds is 5. The molecule has 1 unspecified atom stereocenters. The zero-order valence-electron chi connectivity index (χ0n) is 11.4. The Morgan fingerprint density at radius 2 is 2.10 bits per heavy atom. The third-order valence-corrected chi connectivity index (χ3v) is 4.07. The third-order valence-electron chi connectivity index (χ3n) is 3.21. The molecule has 0 saturated carbocycles. The van der Waals surface area contributed by atoms with Gasteiger partial charge in [-0.3, -0.25) is 11.3 Å². The second-order valence-corrected chi connectivity index (χ2v) is 5.84. The van der Waals surface area contributed by atoms with E-state index in [4.69, 9.17) is 22.2 Å². The van der Waals surface area contributed by atoms with Crippen LogP contribution in [-0.4, -0.2) is 7.11 Å². The molecule has 0 bridgehead atoms. The Morgan fingerprint density at radius 3 is 2.71 bits per heavy atom. The first-order valence-electron chi connectivity index (χ1n) is 6.28. The van der Waals surface area contributed by atoms with E-state index < -0.39 is 0 Å². The van der Waals surface area contributed by atoms with Crippen molar-refractivity contribution in [1.82, 2.24) is 5.43 Å². The molecule has 2 rings (SSSR count).